The number of ether oxygens (including phenoxy) is 2. The number of hydrogen-bond acceptors (Lipinski definition) is 16. The summed E-state index contributed by atoms with van der Waals surface area (Å²) in [6, 6.07) is 5.44. The summed E-state index contributed by atoms with van der Waals surface area (Å²) in [5.41, 5.74) is -13.3. The third-order valence-electron chi connectivity index (χ3n) is 31.6. The first-order valence-electron chi connectivity index (χ1n) is 36.6. The number of nitrogens with zero attached hydrogens (tertiary/aromatic N) is 1. The first-order valence-corrected chi connectivity index (χ1v) is 38.9. The van der Waals surface area contributed by atoms with Crippen LogP contribution in [0.4, 0.5) is 5.69 Å². The molecule has 27 atom stereocenters. The lowest BCUT2D eigenvalue weighted by atomic mass is 9.34. The zero-order valence-electron chi connectivity index (χ0n) is 55.6. The van der Waals surface area contributed by atoms with Gasteiger partial charge in [0.05, 0.1) is 66.2 Å². The van der Waals surface area contributed by atoms with Crippen molar-refractivity contribution < 1.29 is 65.0 Å². The summed E-state index contributed by atoms with van der Waals surface area (Å²) in [5, 5.41) is 123. The summed E-state index contributed by atoms with van der Waals surface area (Å²) in [6.07, 6.45) is 25.5. The molecule has 6 spiro atoms. The van der Waals surface area contributed by atoms with Crippen LogP contribution in [0.5, 0.6) is 5.75 Å². The second-order valence-electron chi connectivity index (χ2n) is 34.7. The molecule has 12 bridgehead atoms. The van der Waals surface area contributed by atoms with E-state index in [1.165, 1.54) is 16.4 Å². The van der Waals surface area contributed by atoms with E-state index in [-0.39, 0.29) is 116 Å². The third kappa shape index (κ3) is 7.53. The summed E-state index contributed by atoms with van der Waals surface area (Å²) >= 11 is 0. The highest BCUT2D eigenvalue weighted by atomic mass is 33.1. The lowest BCUT2D eigenvalue weighted by Gasteiger charge is -2.69. The number of rotatable bonds is 5. The number of allylic oxidation sites excluding steroid dienone is 4. The zero-order valence-corrected chi connectivity index (χ0v) is 57.2. The van der Waals surface area contributed by atoms with Crippen molar-refractivity contribution in [2.75, 3.05) is 37.0 Å². The van der Waals surface area contributed by atoms with Crippen LogP contribution >= 0.6 is 21.6 Å². The number of benzene rings is 1. The van der Waals surface area contributed by atoms with Gasteiger partial charge in [0.1, 0.15) is 28.5 Å². The van der Waals surface area contributed by atoms with Gasteiger partial charge in [-0.15, -0.1) is 0 Å². The minimum absolute atomic E-state index is 0.0223. The maximum atomic E-state index is 17.8. The molecule has 10 N–H and O–H groups in total. The number of aryl methyl sites for hydroxylation is 1. The number of aliphatic hydroxyl groups is 8. The molecule has 1 aromatic rings. The third-order valence-corrected chi connectivity index (χ3v) is 34.3. The smallest absolute Gasteiger partial charge is 0.235 e. The fourth-order valence-electron chi connectivity index (χ4n) is 27.4. The normalized spacial score (nSPS) is 53.3. The van der Waals surface area contributed by atoms with E-state index in [1.54, 1.807) is 18.2 Å². The number of carbonyl (C=O) groups excluding carboxylic acids is 2. The van der Waals surface area contributed by atoms with Gasteiger partial charge in [0, 0.05) is 75.1 Å². The number of ketones is 1. The van der Waals surface area contributed by atoms with Crippen molar-refractivity contribution in [1.82, 2.24) is 5.32 Å². The van der Waals surface area contributed by atoms with Crippen molar-refractivity contribution in [3.05, 3.63) is 95.2 Å². The largest absolute Gasteiger partial charge is 0.508 e. The number of epoxide rings is 1. The molecule has 11 aliphatic carbocycles. The predicted octanol–water partition coefficient (Wildman–Crippen LogP) is 8.49. The van der Waals surface area contributed by atoms with Gasteiger partial charge in [-0.2, -0.15) is 0 Å². The molecule has 6 saturated carbocycles. The van der Waals surface area contributed by atoms with Crippen LogP contribution in [0.25, 0.3) is 0 Å². The predicted molar refractivity (Wildman–Crippen MR) is 360 cm³/mol. The van der Waals surface area contributed by atoms with E-state index in [0.717, 1.165) is 48.5 Å². The van der Waals surface area contributed by atoms with Crippen LogP contribution in [-0.2, 0) is 25.5 Å². The molecule has 95 heavy (non-hydrogen) atoms. The highest BCUT2D eigenvalue weighted by Crippen LogP contribution is 2.83. The summed E-state index contributed by atoms with van der Waals surface area (Å²) in [4.78, 5) is 36.0. The molecule has 3 saturated heterocycles. The molecule has 0 radical (unpaired) electrons. The summed E-state index contributed by atoms with van der Waals surface area (Å²) in [7, 11) is 2.50. The van der Waals surface area contributed by atoms with Crippen molar-refractivity contribution in [3.8, 4) is 17.6 Å². The fourth-order valence-corrected chi connectivity index (χ4v) is 30.7. The number of fused-ring (bicyclic) bond motifs is 4. The maximum Gasteiger partial charge on any atom is 0.235 e. The first-order chi connectivity index (χ1) is 45.4. The standard InChI is InChI=1S/C78H98N2O13S2/c1-43(2)44(3)62-64(93-62)76(90)22-8-13-48-31-55-56-35-60(84)72(37-61(85)70(89,41-82)38-67(55,72)4)66(88)95-94-42-69-18-7-14-51-30-50-12-5-6-21-74(50)54-34-58-46(11-9-26-92-58)29-47(54)36-75(51,79-74)57-32-49-16-23-68(40-81,19-10-20-69)78(69)65(87)80(39-73(49,78)63(57)86)52-27-45(28-53(83)33-52)15-24-71(48)59(76)17-25-77(56,71)91/h8-9,11,13,16,23,27-30,33,35,43-44,47-50,54-55,57-59,61-64,66,79,81-83,85-86,88-91H,5-6,10,12,15,17-22,24-26,31-32,34,36-42H2,1-4H3. The van der Waals surface area contributed by atoms with E-state index in [4.69, 9.17) is 9.47 Å². The Bertz CT molecular complexity index is 3740. The monoisotopic (exact) mass is 1330 g/mol. The molecule has 1 amide bonds. The molecule has 510 valence electrons. The number of anilines is 1. The van der Waals surface area contributed by atoms with Crippen molar-refractivity contribution in [2.24, 2.45) is 97.1 Å². The van der Waals surface area contributed by atoms with Crippen molar-refractivity contribution in [2.45, 2.75) is 214 Å². The average Bonchev–Trinajstić information content (AvgIpc) is 1.51. The first kappa shape index (κ1) is 63.6. The number of amides is 1. The maximum absolute atomic E-state index is 17.8. The lowest BCUT2D eigenvalue weighted by molar-refractivity contribution is -0.235. The Kier molecular flexibility index (Phi) is 13.9. The average molecular weight is 1340 g/mol. The lowest BCUT2D eigenvalue weighted by Crippen LogP contribution is -2.77. The Hall–Kier alpha value is -3.58. The SMILES string of the molecule is CC(C)C(C)C1OC1C1(O)CC=CC2CC3C4=CC(=O)C5(CC(O)C(O)(CO)CC35C)C(O)SSCC35CC#CC6=CC7CCCCC78NC6(CC6C=C7C=CCOC7CC68)C6CC7C=CC(CO)(CCC3)C53C(=O)N(CC73C6O)c3cc(O)cc(c3)CCC23C1CCC43O. The zero-order chi connectivity index (χ0) is 65.8. The molecule has 17 heteroatoms. The van der Waals surface area contributed by atoms with Gasteiger partial charge < -0.3 is 65.6 Å². The highest BCUT2D eigenvalue weighted by Gasteiger charge is 2.87. The second kappa shape index (κ2) is 20.8. The number of aliphatic hydroxyl groups excluding tert-OH is 5. The number of piperidine rings is 1. The van der Waals surface area contributed by atoms with Crippen molar-refractivity contribution in [3.63, 3.8) is 0 Å². The van der Waals surface area contributed by atoms with Gasteiger partial charge in [-0.25, -0.2) is 0 Å². The van der Waals surface area contributed by atoms with E-state index < -0.39 is 120 Å². The molecule has 20 rings (SSSR count). The molecule has 27 unspecified atom stereocenters. The molecule has 9 fully saturated rings. The Morgan fingerprint density at radius 1 is 0.863 bits per heavy atom. The second-order valence-corrected chi connectivity index (χ2v) is 37.2. The van der Waals surface area contributed by atoms with Crippen molar-refractivity contribution in [1.29, 1.82) is 0 Å². The minimum Gasteiger partial charge on any atom is -0.508 e. The molecule has 15 nitrogen and oxygen atoms in total. The van der Waals surface area contributed by atoms with Crippen LogP contribution in [0.15, 0.2) is 89.6 Å². The Balaban J connectivity index is 0.848. The van der Waals surface area contributed by atoms with Crippen LogP contribution < -0.4 is 10.2 Å². The molecule has 0 aromatic heterocycles. The summed E-state index contributed by atoms with van der Waals surface area (Å²) in [6.45, 7) is 7.91. The number of carbonyl (C=O) groups is 2. The molecule has 8 heterocycles. The quantitative estimate of drug-likeness (QED) is 0.0574. The van der Waals surface area contributed by atoms with Crippen LogP contribution in [0.1, 0.15) is 149 Å². The number of nitrogens with one attached hydrogen (secondary N) is 1. The number of aromatic hydroxyl groups is 1. The van der Waals surface area contributed by atoms with Crippen LogP contribution in [0.2, 0.25) is 0 Å². The van der Waals surface area contributed by atoms with Gasteiger partial charge in [0.25, 0.3) is 0 Å². The van der Waals surface area contributed by atoms with Gasteiger partial charge in [0.15, 0.2) is 5.78 Å². The van der Waals surface area contributed by atoms with Gasteiger partial charge in [-0.05, 0) is 184 Å². The van der Waals surface area contributed by atoms with Gasteiger partial charge in [-0.3, -0.25) is 9.59 Å². The topological polar surface area (TPSA) is 253 Å². The molecule has 1 aromatic carbocycles. The van der Waals surface area contributed by atoms with Crippen molar-refractivity contribution >= 4 is 39.0 Å². The van der Waals surface area contributed by atoms with Gasteiger partial charge in [0.2, 0.25) is 5.91 Å². The molecular weight excluding hydrogens is 1240 g/mol. The number of phenols is 1. The van der Waals surface area contributed by atoms with Crippen LogP contribution in [-0.4, -0.2) is 154 Å². The van der Waals surface area contributed by atoms with E-state index in [2.05, 4.69) is 86.5 Å². The van der Waals surface area contributed by atoms with E-state index in [0.29, 0.717) is 80.7 Å². The molecular formula is C78H98N2O13S2. The van der Waals surface area contributed by atoms with E-state index in [9.17, 15) is 46.0 Å². The Morgan fingerprint density at radius 3 is 2.51 bits per heavy atom. The summed E-state index contributed by atoms with van der Waals surface area (Å²) in [5.74, 6) is 5.91. The molecule has 19 aliphatic rings. The molecule has 8 aliphatic heterocycles. The van der Waals surface area contributed by atoms with Crippen LogP contribution in [0.3, 0.4) is 0 Å². The number of hydrogen-bond donors (Lipinski definition) is 10. The van der Waals surface area contributed by atoms with Crippen LogP contribution in [0, 0.1) is 109 Å². The Morgan fingerprint density at radius 2 is 1.69 bits per heavy atom. The van der Waals surface area contributed by atoms with E-state index >= 15 is 9.59 Å². The minimum atomic E-state index is -2.07. The van der Waals surface area contributed by atoms with Gasteiger partial charge in [-0.1, -0.05) is 129 Å². The fraction of sp³-hybridized carbons (Fsp3) is 0.718. The number of phenolic OH excluding ortho intramolecular Hbond substituents is 1. The van der Waals surface area contributed by atoms with E-state index in [1.807, 2.05) is 17.9 Å². The van der Waals surface area contributed by atoms with Gasteiger partial charge >= 0.3 is 0 Å². The Labute approximate surface area is 566 Å². The summed E-state index contributed by atoms with van der Waals surface area (Å²) < 4.78 is 13.1. The highest BCUT2D eigenvalue weighted by molar-refractivity contribution is 8.76.